The van der Waals surface area contributed by atoms with E-state index in [9.17, 15) is 0 Å². The van der Waals surface area contributed by atoms with Crippen LogP contribution in [0.15, 0.2) is 49.7 Å². The van der Waals surface area contributed by atoms with Crippen molar-refractivity contribution in [3.63, 3.8) is 0 Å². The number of allylic oxidation sites excluding steroid dienone is 2. The number of hydrogen-bond acceptors (Lipinski definition) is 1. The van der Waals surface area contributed by atoms with Crippen molar-refractivity contribution in [2.24, 2.45) is 0 Å². The van der Waals surface area contributed by atoms with Crippen molar-refractivity contribution in [3.05, 3.63) is 60.8 Å². The minimum atomic E-state index is 0.823. The van der Waals surface area contributed by atoms with Crippen LogP contribution in [0.4, 0.5) is 5.69 Å². The summed E-state index contributed by atoms with van der Waals surface area (Å²) in [5.74, 6) is 0. The predicted octanol–water partition coefficient (Wildman–Crippen LogP) is 5.33. The van der Waals surface area contributed by atoms with E-state index >= 15 is 0 Å². The van der Waals surface area contributed by atoms with Gasteiger partial charge in [0, 0.05) is 18.4 Å². The zero-order valence-corrected chi connectivity index (χ0v) is 12.4. The van der Waals surface area contributed by atoms with E-state index in [0.29, 0.717) is 0 Å². The Kier molecular flexibility index (Phi) is 6.14. The standard InChI is InChI=1S/C18H25N/c1-6-9-13-19(12-7-2)17-10-11-18(15(4)8-3)16(5)14-17/h7,9-11,13-14H,2,4,6,8,12H2,1,3,5H3. The summed E-state index contributed by atoms with van der Waals surface area (Å²) in [6, 6.07) is 6.55. The van der Waals surface area contributed by atoms with Gasteiger partial charge in [0.1, 0.15) is 0 Å². The second-order valence-corrected chi connectivity index (χ2v) is 4.69. The molecule has 1 rings (SSSR count). The number of hydrogen-bond donors (Lipinski definition) is 0. The van der Waals surface area contributed by atoms with Gasteiger partial charge < -0.3 is 4.90 Å². The van der Waals surface area contributed by atoms with Crippen molar-refractivity contribution in [2.75, 3.05) is 11.4 Å². The lowest BCUT2D eigenvalue weighted by Crippen LogP contribution is -2.15. The molecule has 0 heterocycles. The molecule has 1 aromatic carbocycles. The normalized spacial score (nSPS) is 10.7. The summed E-state index contributed by atoms with van der Waals surface area (Å²) in [5, 5.41) is 0. The first-order chi connectivity index (χ1) is 9.13. The molecule has 0 radical (unpaired) electrons. The highest BCUT2D eigenvalue weighted by Crippen LogP contribution is 2.25. The predicted molar refractivity (Wildman–Crippen MR) is 87.5 cm³/mol. The van der Waals surface area contributed by atoms with E-state index in [-0.39, 0.29) is 0 Å². The summed E-state index contributed by atoms with van der Waals surface area (Å²) in [6.45, 7) is 15.2. The molecule has 1 heteroatoms. The first-order valence-corrected chi connectivity index (χ1v) is 6.97. The fourth-order valence-corrected chi connectivity index (χ4v) is 2.04. The van der Waals surface area contributed by atoms with Gasteiger partial charge in [-0.2, -0.15) is 0 Å². The molecule has 0 fully saturated rings. The van der Waals surface area contributed by atoms with Crippen molar-refractivity contribution in [1.29, 1.82) is 0 Å². The van der Waals surface area contributed by atoms with Crippen LogP contribution in [0.5, 0.6) is 0 Å². The van der Waals surface area contributed by atoms with Crippen molar-refractivity contribution in [1.82, 2.24) is 0 Å². The Morgan fingerprint density at radius 3 is 2.58 bits per heavy atom. The van der Waals surface area contributed by atoms with E-state index in [1.54, 1.807) is 0 Å². The summed E-state index contributed by atoms with van der Waals surface area (Å²) in [7, 11) is 0. The van der Waals surface area contributed by atoms with Gasteiger partial charge in [0.05, 0.1) is 0 Å². The molecule has 0 aromatic heterocycles. The van der Waals surface area contributed by atoms with Gasteiger partial charge in [0.15, 0.2) is 0 Å². The van der Waals surface area contributed by atoms with E-state index in [2.05, 4.69) is 69.3 Å². The maximum Gasteiger partial charge on any atom is 0.0412 e. The van der Waals surface area contributed by atoms with Gasteiger partial charge in [-0.1, -0.05) is 38.6 Å². The molecule has 1 nitrogen and oxygen atoms in total. The Bertz CT molecular complexity index is 469. The van der Waals surface area contributed by atoms with Gasteiger partial charge in [-0.25, -0.2) is 0 Å². The second kappa shape index (κ2) is 7.63. The molecule has 0 amide bonds. The summed E-state index contributed by atoms with van der Waals surface area (Å²) in [5.41, 5.74) is 4.95. The number of anilines is 1. The van der Waals surface area contributed by atoms with Gasteiger partial charge in [0.25, 0.3) is 0 Å². The Labute approximate surface area is 118 Å². The highest BCUT2D eigenvalue weighted by Gasteiger charge is 2.06. The van der Waals surface area contributed by atoms with Gasteiger partial charge in [-0.3, -0.25) is 0 Å². The summed E-state index contributed by atoms with van der Waals surface area (Å²) >= 11 is 0. The topological polar surface area (TPSA) is 3.24 Å². The molecule has 0 unspecified atom stereocenters. The van der Waals surface area contributed by atoms with E-state index in [1.807, 2.05) is 6.08 Å². The molecule has 0 aliphatic heterocycles. The van der Waals surface area contributed by atoms with Crippen LogP contribution < -0.4 is 4.90 Å². The summed E-state index contributed by atoms with van der Waals surface area (Å²) in [4.78, 5) is 2.21. The Balaban J connectivity index is 3.05. The molecule has 1 aromatic rings. The molecule has 19 heavy (non-hydrogen) atoms. The molecule has 102 valence electrons. The number of nitrogens with zero attached hydrogens (tertiary/aromatic N) is 1. The molecule has 0 saturated heterocycles. The lowest BCUT2D eigenvalue weighted by Gasteiger charge is -2.20. The van der Waals surface area contributed by atoms with E-state index in [4.69, 9.17) is 0 Å². The Morgan fingerprint density at radius 1 is 1.32 bits per heavy atom. The van der Waals surface area contributed by atoms with Crippen molar-refractivity contribution < 1.29 is 0 Å². The zero-order valence-electron chi connectivity index (χ0n) is 12.4. The van der Waals surface area contributed by atoms with E-state index in [1.165, 1.54) is 22.4 Å². The Morgan fingerprint density at radius 2 is 2.05 bits per heavy atom. The average Bonchev–Trinajstić information content (AvgIpc) is 2.42. The first-order valence-electron chi connectivity index (χ1n) is 6.97. The Hall–Kier alpha value is -1.76. The molecule has 0 saturated carbocycles. The third-order valence-electron chi connectivity index (χ3n) is 3.20. The molecule has 0 atom stereocenters. The van der Waals surface area contributed by atoms with Gasteiger partial charge in [-0.05, 0) is 48.6 Å². The molecule has 0 bridgehead atoms. The fraction of sp³-hybridized carbons (Fsp3) is 0.333. The molecular weight excluding hydrogens is 230 g/mol. The van der Waals surface area contributed by atoms with Crippen LogP contribution in [0.25, 0.3) is 5.57 Å². The third-order valence-corrected chi connectivity index (χ3v) is 3.20. The van der Waals surface area contributed by atoms with E-state index in [0.717, 1.165) is 19.4 Å². The van der Waals surface area contributed by atoms with Crippen molar-refractivity contribution >= 4 is 11.3 Å². The SMILES string of the molecule is C=CCN(C=CCC)c1ccc(C(=C)CC)c(C)c1. The second-order valence-electron chi connectivity index (χ2n) is 4.69. The quantitative estimate of drug-likeness (QED) is 0.595. The monoisotopic (exact) mass is 255 g/mol. The van der Waals surface area contributed by atoms with Crippen LogP contribution in [-0.4, -0.2) is 6.54 Å². The molecule has 0 aliphatic carbocycles. The van der Waals surface area contributed by atoms with Crippen LogP contribution in [0, 0.1) is 6.92 Å². The van der Waals surface area contributed by atoms with Crippen LogP contribution in [0.3, 0.4) is 0 Å². The summed E-state index contributed by atoms with van der Waals surface area (Å²) < 4.78 is 0. The minimum Gasteiger partial charge on any atom is -0.344 e. The van der Waals surface area contributed by atoms with Crippen LogP contribution in [0.2, 0.25) is 0 Å². The molecule has 0 spiro atoms. The smallest absolute Gasteiger partial charge is 0.0412 e. The number of rotatable bonds is 7. The lowest BCUT2D eigenvalue weighted by atomic mass is 9.99. The van der Waals surface area contributed by atoms with Gasteiger partial charge in [0.2, 0.25) is 0 Å². The van der Waals surface area contributed by atoms with Gasteiger partial charge >= 0.3 is 0 Å². The largest absolute Gasteiger partial charge is 0.344 e. The highest BCUT2D eigenvalue weighted by molar-refractivity contribution is 5.69. The highest BCUT2D eigenvalue weighted by atomic mass is 15.1. The maximum atomic E-state index is 4.12. The average molecular weight is 255 g/mol. The first kappa shape index (κ1) is 15.3. The van der Waals surface area contributed by atoms with Crippen LogP contribution in [0.1, 0.15) is 37.8 Å². The molecule has 0 N–H and O–H groups in total. The fourth-order valence-electron chi connectivity index (χ4n) is 2.04. The molecule has 0 aliphatic rings. The summed E-state index contributed by atoms with van der Waals surface area (Å²) in [6.07, 6.45) is 8.25. The third kappa shape index (κ3) is 4.13. The number of aryl methyl sites for hydroxylation is 1. The zero-order chi connectivity index (χ0) is 14.3. The van der Waals surface area contributed by atoms with Crippen molar-refractivity contribution in [3.8, 4) is 0 Å². The van der Waals surface area contributed by atoms with E-state index < -0.39 is 0 Å². The number of benzene rings is 1. The van der Waals surface area contributed by atoms with Gasteiger partial charge in [-0.15, -0.1) is 6.58 Å². The maximum absolute atomic E-state index is 4.12. The van der Waals surface area contributed by atoms with Crippen molar-refractivity contribution in [2.45, 2.75) is 33.6 Å². The van der Waals surface area contributed by atoms with Crippen LogP contribution in [-0.2, 0) is 0 Å². The minimum absolute atomic E-state index is 0.823. The van der Waals surface area contributed by atoms with Crippen LogP contribution >= 0.6 is 0 Å². The molecular formula is C18H25N. The lowest BCUT2D eigenvalue weighted by molar-refractivity contribution is 1.07.